The second kappa shape index (κ2) is 8.28. The zero-order chi connectivity index (χ0) is 20.2. The van der Waals surface area contributed by atoms with Crippen LogP contribution in [0, 0.1) is 6.92 Å². The smallest absolute Gasteiger partial charge is 0.247 e. The molecule has 0 aliphatic carbocycles. The van der Waals surface area contributed by atoms with Crippen LogP contribution in [0.2, 0.25) is 5.02 Å². The number of nitrogens with zero attached hydrogens (tertiary/aromatic N) is 4. The molecule has 0 aliphatic heterocycles. The summed E-state index contributed by atoms with van der Waals surface area (Å²) < 4.78 is 7.32. The number of carbonyl (C=O) groups excluding carboxylic acids is 1. The maximum Gasteiger partial charge on any atom is 0.247 e. The summed E-state index contributed by atoms with van der Waals surface area (Å²) in [5.74, 6) is 0.701. The van der Waals surface area contributed by atoms with Gasteiger partial charge < -0.3 is 9.73 Å². The summed E-state index contributed by atoms with van der Waals surface area (Å²) >= 11 is 6.30. The van der Waals surface area contributed by atoms with Crippen molar-refractivity contribution in [3.8, 4) is 17.1 Å². The summed E-state index contributed by atoms with van der Waals surface area (Å²) in [4.78, 5) is 12.3. The van der Waals surface area contributed by atoms with Gasteiger partial charge in [-0.05, 0) is 43.3 Å². The fraction of sp³-hybridized carbons (Fsp3) is 0.143. The van der Waals surface area contributed by atoms with Gasteiger partial charge in [-0.2, -0.15) is 5.10 Å². The van der Waals surface area contributed by atoms with Gasteiger partial charge in [0.1, 0.15) is 0 Å². The summed E-state index contributed by atoms with van der Waals surface area (Å²) in [6, 6.07) is 14.9. The Morgan fingerprint density at radius 3 is 2.72 bits per heavy atom. The molecular weight excluding hydrogens is 390 g/mol. The van der Waals surface area contributed by atoms with Gasteiger partial charge in [0.15, 0.2) is 0 Å². The van der Waals surface area contributed by atoms with Gasteiger partial charge in [-0.1, -0.05) is 29.3 Å². The van der Waals surface area contributed by atoms with E-state index in [-0.39, 0.29) is 12.3 Å². The molecule has 2 aromatic heterocycles. The molecule has 4 aromatic rings. The van der Waals surface area contributed by atoms with Crippen molar-refractivity contribution < 1.29 is 9.21 Å². The van der Waals surface area contributed by atoms with Crippen molar-refractivity contribution >= 4 is 23.2 Å². The maximum atomic E-state index is 12.3. The highest BCUT2D eigenvalue weighted by molar-refractivity contribution is 6.32. The van der Waals surface area contributed by atoms with Crippen molar-refractivity contribution in [3.05, 3.63) is 77.4 Å². The van der Waals surface area contributed by atoms with E-state index in [1.165, 1.54) is 0 Å². The molecule has 29 heavy (non-hydrogen) atoms. The van der Waals surface area contributed by atoms with E-state index in [1.54, 1.807) is 35.3 Å². The molecule has 2 aromatic carbocycles. The summed E-state index contributed by atoms with van der Waals surface area (Å²) in [7, 11) is 0. The van der Waals surface area contributed by atoms with Crippen molar-refractivity contribution in [3.63, 3.8) is 0 Å². The van der Waals surface area contributed by atoms with Gasteiger partial charge in [-0.15, -0.1) is 10.2 Å². The van der Waals surface area contributed by atoms with E-state index >= 15 is 0 Å². The summed E-state index contributed by atoms with van der Waals surface area (Å²) in [5.41, 5.74) is 3.36. The molecular formula is C21H18ClN5O2. The molecule has 1 N–H and O–H groups in total. The zero-order valence-corrected chi connectivity index (χ0v) is 16.4. The highest BCUT2D eigenvalue weighted by Crippen LogP contribution is 2.24. The summed E-state index contributed by atoms with van der Waals surface area (Å²) in [6.07, 6.45) is 4.04. The first kappa shape index (κ1) is 18.9. The molecule has 0 fully saturated rings. The molecule has 0 saturated heterocycles. The molecule has 7 nitrogen and oxygen atoms in total. The number of anilines is 1. The van der Waals surface area contributed by atoms with Crippen LogP contribution in [-0.2, 0) is 11.2 Å². The molecule has 0 radical (unpaired) electrons. The molecule has 0 saturated carbocycles. The lowest BCUT2D eigenvalue weighted by molar-refractivity contribution is -0.116. The van der Waals surface area contributed by atoms with Crippen LogP contribution in [0.4, 0.5) is 5.69 Å². The first-order valence-corrected chi connectivity index (χ1v) is 9.45. The Morgan fingerprint density at radius 2 is 2.00 bits per heavy atom. The number of hydrogen-bond acceptors (Lipinski definition) is 5. The van der Waals surface area contributed by atoms with Crippen molar-refractivity contribution in [1.29, 1.82) is 0 Å². The normalized spacial score (nSPS) is 10.8. The minimum atomic E-state index is -0.164. The van der Waals surface area contributed by atoms with E-state index in [9.17, 15) is 4.79 Å². The van der Waals surface area contributed by atoms with Gasteiger partial charge in [0.25, 0.3) is 0 Å². The van der Waals surface area contributed by atoms with E-state index in [2.05, 4.69) is 20.6 Å². The Morgan fingerprint density at radius 1 is 1.17 bits per heavy atom. The van der Waals surface area contributed by atoms with Crippen molar-refractivity contribution in [2.24, 2.45) is 0 Å². The van der Waals surface area contributed by atoms with Crippen LogP contribution in [0.1, 0.15) is 17.9 Å². The molecule has 0 aliphatic rings. The minimum Gasteiger partial charge on any atom is -0.421 e. The van der Waals surface area contributed by atoms with Gasteiger partial charge in [-0.25, -0.2) is 4.68 Å². The first-order chi connectivity index (χ1) is 14.1. The molecule has 1 amide bonds. The summed E-state index contributed by atoms with van der Waals surface area (Å²) in [6.45, 7) is 2.01. The lowest BCUT2D eigenvalue weighted by atomic mass is 10.1. The fourth-order valence-corrected chi connectivity index (χ4v) is 3.06. The van der Waals surface area contributed by atoms with Gasteiger partial charge >= 0.3 is 0 Å². The molecule has 146 valence electrons. The van der Waals surface area contributed by atoms with Crippen LogP contribution >= 0.6 is 11.6 Å². The Hall–Kier alpha value is -3.45. The molecule has 0 unspecified atom stereocenters. The third-order valence-corrected chi connectivity index (χ3v) is 4.62. The lowest BCUT2D eigenvalue weighted by Crippen LogP contribution is -2.12. The maximum absolute atomic E-state index is 12.3. The number of hydrogen-bond donors (Lipinski definition) is 1. The van der Waals surface area contributed by atoms with Crippen molar-refractivity contribution in [2.45, 2.75) is 19.8 Å². The topological polar surface area (TPSA) is 85.8 Å². The highest BCUT2D eigenvalue weighted by Gasteiger charge is 2.12. The second-order valence-electron chi connectivity index (χ2n) is 6.53. The van der Waals surface area contributed by atoms with E-state index in [4.69, 9.17) is 16.0 Å². The Bertz CT molecular complexity index is 1120. The molecule has 0 spiro atoms. The van der Waals surface area contributed by atoms with Crippen LogP contribution in [0.15, 0.2) is 65.3 Å². The predicted octanol–water partition coefficient (Wildman–Crippen LogP) is 4.46. The number of halogens is 1. The Balaban J connectivity index is 1.35. The SMILES string of the molecule is Cc1ccc(-c2nnc(CCC(=O)Nc3ccc(-n4cccn4)c(Cl)c3)o2)cc1. The Labute approximate surface area is 172 Å². The van der Waals surface area contributed by atoms with Crippen molar-refractivity contribution in [1.82, 2.24) is 20.0 Å². The van der Waals surface area contributed by atoms with Crippen molar-refractivity contribution in [2.75, 3.05) is 5.32 Å². The van der Waals surface area contributed by atoms with Crippen LogP contribution in [0.3, 0.4) is 0 Å². The number of nitrogens with one attached hydrogen (secondary N) is 1. The fourth-order valence-electron chi connectivity index (χ4n) is 2.79. The molecule has 8 heteroatoms. The van der Waals surface area contributed by atoms with E-state index in [0.29, 0.717) is 28.9 Å². The first-order valence-electron chi connectivity index (χ1n) is 9.07. The number of amides is 1. The largest absolute Gasteiger partial charge is 0.421 e. The van der Waals surface area contributed by atoms with Crippen LogP contribution < -0.4 is 5.32 Å². The standard InChI is InChI=1S/C21H18ClN5O2/c1-14-3-5-15(6-4-14)21-26-25-20(29-21)10-9-19(28)24-16-7-8-18(17(22)13-16)27-12-2-11-23-27/h2-8,11-13H,9-10H2,1H3,(H,24,28). The van der Waals surface area contributed by atoms with Gasteiger partial charge in [0, 0.05) is 36.5 Å². The van der Waals surface area contributed by atoms with Gasteiger partial charge in [0.2, 0.25) is 17.7 Å². The van der Waals surface area contributed by atoms with Crippen LogP contribution in [0.25, 0.3) is 17.1 Å². The zero-order valence-electron chi connectivity index (χ0n) is 15.7. The monoisotopic (exact) mass is 407 g/mol. The van der Waals surface area contributed by atoms with Gasteiger partial charge in [0.05, 0.1) is 10.7 Å². The lowest BCUT2D eigenvalue weighted by Gasteiger charge is -2.08. The third kappa shape index (κ3) is 4.52. The van der Waals surface area contributed by atoms with E-state index in [0.717, 1.165) is 16.8 Å². The molecule has 4 rings (SSSR count). The average molecular weight is 408 g/mol. The number of aromatic nitrogens is 4. The quantitative estimate of drug-likeness (QED) is 0.510. The number of carbonyl (C=O) groups is 1. The second-order valence-corrected chi connectivity index (χ2v) is 6.94. The van der Waals surface area contributed by atoms with Crippen LogP contribution in [-0.4, -0.2) is 25.9 Å². The van der Waals surface area contributed by atoms with E-state index < -0.39 is 0 Å². The van der Waals surface area contributed by atoms with E-state index in [1.807, 2.05) is 37.3 Å². The average Bonchev–Trinajstić information content (AvgIpc) is 3.39. The van der Waals surface area contributed by atoms with Gasteiger partial charge in [-0.3, -0.25) is 4.79 Å². The van der Waals surface area contributed by atoms with Crippen LogP contribution in [0.5, 0.6) is 0 Å². The third-order valence-electron chi connectivity index (χ3n) is 4.31. The predicted molar refractivity (Wildman–Crippen MR) is 110 cm³/mol. The number of rotatable bonds is 6. The highest BCUT2D eigenvalue weighted by atomic mass is 35.5. The molecule has 0 atom stereocenters. The summed E-state index contributed by atoms with van der Waals surface area (Å²) in [5, 5.41) is 15.5. The Kier molecular flexibility index (Phi) is 5.39. The molecule has 0 bridgehead atoms. The minimum absolute atomic E-state index is 0.164. The molecule has 2 heterocycles. The number of aryl methyl sites for hydroxylation is 2. The number of benzene rings is 2.